The van der Waals surface area contributed by atoms with Crippen molar-refractivity contribution < 1.29 is 28.8 Å². The van der Waals surface area contributed by atoms with Crippen molar-refractivity contribution in [1.29, 1.82) is 0 Å². The smallest absolute Gasteiger partial charge is 0.266 e. The van der Waals surface area contributed by atoms with Crippen molar-refractivity contribution in [3.05, 3.63) is 106 Å². The number of benzene rings is 4. The summed E-state index contributed by atoms with van der Waals surface area (Å²) in [6.45, 7) is 4.47. The number of unbranched alkanes of at least 4 members (excludes halogenated alkanes) is 1. The Morgan fingerprint density at radius 3 is 1.42 bits per heavy atom. The molecule has 4 aromatic carbocycles. The molecule has 3 aliphatic rings. The van der Waals surface area contributed by atoms with Gasteiger partial charge in [0.2, 0.25) is 0 Å². The van der Waals surface area contributed by atoms with Gasteiger partial charge in [-0.1, -0.05) is 51.3 Å². The minimum Gasteiger partial charge on any atom is -0.274 e. The van der Waals surface area contributed by atoms with Crippen molar-refractivity contribution in [3.63, 3.8) is 0 Å². The molecule has 9 nitrogen and oxygen atoms in total. The van der Waals surface area contributed by atoms with Crippen molar-refractivity contribution in [2.24, 2.45) is 5.92 Å². The Kier molecular flexibility index (Phi) is 6.69. The molecule has 0 bridgehead atoms. The third-order valence-corrected chi connectivity index (χ3v) is 9.10. The number of hydrogen-bond acceptors (Lipinski definition) is 6. The summed E-state index contributed by atoms with van der Waals surface area (Å²) < 4.78 is 0. The molecule has 1 unspecified atom stereocenters. The number of nitrogens with zero attached hydrogens (tertiary/aromatic N) is 3. The van der Waals surface area contributed by atoms with Crippen LogP contribution < -0.4 is 9.80 Å². The van der Waals surface area contributed by atoms with E-state index in [1.54, 1.807) is 54.6 Å². The van der Waals surface area contributed by atoms with Crippen molar-refractivity contribution in [1.82, 2.24) is 4.90 Å². The number of anilines is 2. The minimum atomic E-state index is -0.636. The summed E-state index contributed by atoms with van der Waals surface area (Å²) in [5.41, 5.74) is 1.89. The molecule has 0 aliphatic carbocycles. The lowest BCUT2D eigenvalue weighted by molar-refractivity contribution is 0.0578. The number of carbonyl (C=O) groups excluding carboxylic acids is 6. The van der Waals surface area contributed by atoms with E-state index < -0.39 is 35.4 Å². The molecule has 9 heteroatoms. The fourth-order valence-corrected chi connectivity index (χ4v) is 6.70. The first kappa shape index (κ1) is 28.3. The van der Waals surface area contributed by atoms with Gasteiger partial charge in [-0.25, -0.2) is 9.80 Å². The number of imide groups is 3. The van der Waals surface area contributed by atoms with Gasteiger partial charge >= 0.3 is 0 Å². The molecule has 0 saturated heterocycles. The van der Waals surface area contributed by atoms with Gasteiger partial charge in [0.25, 0.3) is 35.4 Å². The molecule has 0 radical (unpaired) electrons. The Balaban J connectivity index is 1.26. The second-order valence-electron chi connectivity index (χ2n) is 11.7. The molecule has 224 valence electrons. The fraction of sp³-hybridized carbons (Fsp3) is 0.222. The van der Waals surface area contributed by atoms with Crippen LogP contribution in [0.2, 0.25) is 0 Å². The molecular weight excluding hydrogens is 570 g/mol. The highest BCUT2D eigenvalue weighted by Gasteiger charge is 2.41. The van der Waals surface area contributed by atoms with Crippen LogP contribution in [0.5, 0.6) is 0 Å². The Bertz CT molecular complexity index is 1910. The second kappa shape index (κ2) is 10.6. The SMILES string of the molecule is CCCCC(CC)CN1C(=O)c2ccc3c4c(ccc(c24)C1=O)C(=O)N(c1cccc(N2C(=O)c4ccccc4C2=O)c1)C3=O. The molecule has 1 atom stereocenters. The first-order chi connectivity index (χ1) is 21.8. The molecule has 3 heterocycles. The maximum atomic E-state index is 14.0. The van der Waals surface area contributed by atoms with E-state index in [0.29, 0.717) is 11.9 Å². The third-order valence-electron chi connectivity index (χ3n) is 9.10. The molecule has 0 saturated carbocycles. The number of rotatable bonds is 8. The Labute approximate surface area is 259 Å². The lowest BCUT2D eigenvalue weighted by Crippen LogP contribution is -2.44. The molecule has 3 aliphatic heterocycles. The number of fused-ring (bicyclic) bond motifs is 1. The van der Waals surface area contributed by atoms with Gasteiger partial charge in [-0.3, -0.25) is 33.7 Å². The molecule has 0 spiro atoms. The van der Waals surface area contributed by atoms with Gasteiger partial charge in [0.05, 0.1) is 22.5 Å². The predicted octanol–water partition coefficient (Wildman–Crippen LogP) is 6.25. The summed E-state index contributed by atoms with van der Waals surface area (Å²) in [6.07, 6.45) is 3.79. The average molecular weight is 600 g/mol. The van der Waals surface area contributed by atoms with Crippen molar-refractivity contribution in [2.75, 3.05) is 16.3 Å². The lowest BCUT2D eigenvalue weighted by atomic mass is 9.85. The predicted molar refractivity (Wildman–Crippen MR) is 168 cm³/mol. The van der Waals surface area contributed by atoms with Crippen LogP contribution >= 0.6 is 0 Å². The summed E-state index contributed by atoms with van der Waals surface area (Å²) in [5, 5.41) is 0.603. The minimum absolute atomic E-state index is 0.175. The summed E-state index contributed by atoms with van der Waals surface area (Å²) >= 11 is 0. The molecule has 7 rings (SSSR count). The van der Waals surface area contributed by atoms with Crippen LogP contribution in [0.25, 0.3) is 10.8 Å². The number of amides is 6. The van der Waals surface area contributed by atoms with Gasteiger partial charge in [-0.05, 0) is 66.9 Å². The first-order valence-corrected chi connectivity index (χ1v) is 15.2. The standard InChI is InChI=1S/C36H29N3O6/c1-3-5-9-20(4-2)19-37-31(40)25-14-16-27-30-28(17-15-26(29(25)30)32(37)41)36(45)39(35(27)44)22-11-8-10-21(18-22)38-33(42)23-12-6-7-13-24(23)34(38)43/h6-8,10-18,20H,3-5,9,19H2,1-2H3. The van der Waals surface area contributed by atoms with E-state index in [9.17, 15) is 28.8 Å². The number of carbonyl (C=O) groups is 6. The van der Waals surface area contributed by atoms with E-state index in [1.807, 2.05) is 0 Å². The largest absolute Gasteiger partial charge is 0.274 e. The zero-order chi connectivity index (χ0) is 31.6. The molecule has 6 amide bonds. The van der Waals surface area contributed by atoms with Crippen molar-refractivity contribution in [2.45, 2.75) is 39.5 Å². The van der Waals surface area contributed by atoms with Gasteiger partial charge in [0.15, 0.2) is 0 Å². The Morgan fingerprint density at radius 1 is 0.533 bits per heavy atom. The highest BCUT2D eigenvalue weighted by atomic mass is 16.2. The first-order valence-electron chi connectivity index (χ1n) is 15.2. The molecule has 0 fully saturated rings. The maximum Gasteiger partial charge on any atom is 0.266 e. The molecular formula is C36H29N3O6. The van der Waals surface area contributed by atoms with Crippen LogP contribution in [0.3, 0.4) is 0 Å². The zero-order valence-electron chi connectivity index (χ0n) is 24.8. The van der Waals surface area contributed by atoms with Gasteiger partial charge in [-0.2, -0.15) is 0 Å². The van der Waals surface area contributed by atoms with E-state index in [0.717, 1.165) is 35.5 Å². The van der Waals surface area contributed by atoms with Crippen LogP contribution in [0, 0.1) is 5.92 Å². The van der Waals surface area contributed by atoms with E-state index in [1.165, 1.54) is 23.1 Å². The van der Waals surface area contributed by atoms with E-state index >= 15 is 0 Å². The van der Waals surface area contributed by atoms with Crippen molar-refractivity contribution >= 4 is 57.6 Å². The molecule has 45 heavy (non-hydrogen) atoms. The van der Waals surface area contributed by atoms with Crippen LogP contribution in [-0.4, -0.2) is 46.9 Å². The zero-order valence-corrected chi connectivity index (χ0v) is 24.8. The van der Waals surface area contributed by atoms with Crippen LogP contribution in [0.4, 0.5) is 11.4 Å². The highest BCUT2D eigenvalue weighted by molar-refractivity contribution is 6.39. The highest BCUT2D eigenvalue weighted by Crippen LogP contribution is 2.40. The van der Waals surface area contributed by atoms with Gasteiger partial charge < -0.3 is 0 Å². The molecule has 0 N–H and O–H groups in total. The van der Waals surface area contributed by atoms with Crippen LogP contribution in [0.15, 0.2) is 72.8 Å². The Morgan fingerprint density at radius 2 is 0.978 bits per heavy atom. The van der Waals surface area contributed by atoms with E-state index in [-0.39, 0.29) is 56.1 Å². The van der Waals surface area contributed by atoms with Crippen LogP contribution in [0.1, 0.15) is 102 Å². The normalized spacial score (nSPS) is 16.3. The summed E-state index contributed by atoms with van der Waals surface area (Å²) in [7, 11) is 0. The summed E-state index contributed by atoms with van der Waals surface area (Å²) in [4.78, 5) is 84.9. The third kappa shape index (κ3) is 4.14. The monoisotopic (exact) mass is 599 g/mol. The van der Waals surface area contributed by atoms with Crippen molar-refractivity contribution in [3.8, 4) is 0 Å². The Hall–Kier alpha value is -5.44. The topological polar surface area (TPSA) is 112 Å². The number of hydrogen-bond donors (Lipinski definition) is 0. The van der Waals surface area contributed by atoms with Gasteiger partial charge in [-0.15, -0.1) is 0 Å². The quantitative estimate of drug-likeness (QED) is 0.221. The van der Waals surface area contributed by atoms with E-state index in [2.05, 4.69) is 13.8 Å². The van der Waals surface area contributed by atoms with E-state index in [4.69, 9.17) is 0 Å². The molecule has 4 aromatic rings. The maximum absolute atomic E-state index is 14.0. The average Bonchev–Trinajstić information content (AvgIpc) is 3.31. The van der Waals surface area contributed by atoms with Gasteiger partial charge in [0.1, 0.15) is 0 Å². The van der Waals surface area contributed by atoms with Gasteiger partial charge in [0, 0.05) is 39.6 Å². The summed E-state index contributed by atoms with van der Waals surface area (Å²) in [6, 6.07) is 18.8. The summed E-state index contributed by atoms with van der Waals surface area (Å²) in [5.74, 6) is -2.93. The molecule has 0 aromatic heterocycles. The second-order valence-corrected chi connectivity index (χ2v) is 11.7. The lowest BCUT2D eigenvalue weighted by Gasteiger charge is -2.33. The van der Waals surface area contributed by atoms with Crippen LogP contribution in [-0.2, 0) is 0 Å². The fourth-order valence-electron chi connectivity index (χ4n) is 6.70.